The lowest BCUT2D eigenvalue weighted by Gasteiger charge is -2.28. The van der Waals surface area contributed by atoms with Gasteiger partial charge in [-0.2, -0.15) is 10.4 Å². The molecule has 0 spiro atoms. The van der Waals surface area contributed by atoms with Gasteiger partial charge in [0.2, 0.25) is 5.60 Å². The lowest BCUT2D eigenvalue weighted by molar-refractivity contribution is -0.163. The number of carbonyl (C=O) groups is 1. The van der Waals surface area contributed by atoms with Gasteiger partial charge >= 0.3 is 5.97 Å². The van der Waals surface area contributed by atoms with E-state index in [1.54, 1.807) is 19.3 Å². The SMILES string of the molecule is CC(C)C(=O)O[C@@H]1[C@H](O)[C@@H](CO)O[C@@]1(C#N)c1cc(F)c2c(NO)ncnn12. The number of nitriles is 1. The van der Waals surface area contributed by atoms with Crippen LogP contribution >= 0.6 is 0 Å². The number of hydrogen-bond donors (Lipinski definition) is 4. The van der Waals surface area contributed by atoms with Crippen molar-refractivity contribution in [3.05, 3.63) is 23.9 Å². The molecule has 4 atom stereocenters. The van der Waals surface area contributed by atoms with Crippen LogP contribution in [0, 0.1) is 23.1 Å². The Morgan fingerprint density at radius 1 is 1.61 bits per heavy atom. The molecule has 1 saturated heterocycles. The Morgan fingerprint density at radius 3 is 2.89 bits per heavy atom. The number of aliphatic hydroxyl groups is 2. The average molecular weight is 395 g/mol. The maximum absolute atomic E-state index is 14.6. The smallest absolute Gasteiger partial charge is 0.308 e. The number of esters is 1. The zero-order valence-electron chi connectivity index (χ0n) is 14.9. The highest BCUT2D eigenvalue weighted by Crippen LogP contribution is 2.43. The molecule has 0 saturated carbocycles. The molecule has 0 amide bonds. The first-order valence-corrected chi connectivity index (χ1v) is 8.32. The molecule has 1 fully saturated rings. The minimum absolute atomic E-state index is 0.210. The molecule has 11 nitrogen and oxygen atoms in total. The third kappa shape index (κ3) is 2.85. The van der Waals surface area contributed by atoms with Crippen LogP contribution in [0.15, 0.2) is 12.4 Å². The number of rotatable bonds is 5. The summed E-state index contributed by atoms with van der Waals surface area (Å²) in [6, 6.07) is 2.72. The van der Waals surface area contributed by atoms with Gasteiger partial charge < -0.3 is 19.7 Å². The topological polar surface area (TPSA) is 162 Å². The summed E-state index contributed by atoms with van der Waals surface area (Å²) in [5.41, 5.74) is -0.960. The number of aromatic nitrogens is 3. The van der Waals surface area contributed by atoms with Gasteiger partial charge in [-0.05, 0) is 0 Å². The molecule has 0 unspecified atom stereocenters. The van der Waals surface area contributed by atoms with Crippen molar-refractivity contribution in [2.24, 2.45) is 5.92 Å². The highest BCUT2D eigenvalue weighted by atomic mass is 19.1. The van der Waals surface area contributed by atoms with Gasteiger partial charge in [0.15, 0.2) is 17.7 Å². The fraction of sp³-hybridized carbons (Fsp3) is 0.500. The second kappa shape index (κ2) is 7.28. The largest absolute Gasteiger partial charge is 0.455 e. The van der Waals surface area contributed by atoms with E-state index in [0.29, 0.717) is 0 Å². The Labute approximate surface area is 157 Å². The van der Waals surface area contributed by atoms with E-state index < -0.39 is 48.2 Å². The van der Waals surface area contributed by atoms with E-state index in [-0.39, 0.29) is 17.0 Å². The summed E-state index contributed by atoms with van der Waals surface area (Å²) in [6.07, 6.45) is -3.40. The number of nitrogens with one attached hydrogen (secondary N) is 1. The number of nitrogens with zero attached hydrogens (tertiary/aromatic N) is 4. The molecule has 0 bridgehead atoms. The van der Waals surface area contributed by atoms with Crippen LogP contribution in [-0.2, 0) is 19.9 Å². The molecule has 0 radical (unpaired) electrons. The summed E-state index contributed by atoms with van der Waals surface area (Å²) in [6.45, 7) is 2.44. The van der Waals surface area contributed by atoms with E-state index in [0.717, 1.165) is 16.9 Å². The summed E-state index contributed by atoms with van der Waals surface area (Å²) >= 11 is 0. The maximum atomic E-state index is 14.6. The minimum Gasteiger partial charge on any atom is -0.455 e. The fourth-order valence-electron chi connectivity index (χ4n) is 3.07. The van der Waals surface area contributed by atoms with E-state index in [2.05, 4.69) is 10.1 Å². The first-order valence-electron chi connectivity index (χ1n) is 8.32. The zero-order valence-corrected chi connectivity index (χ0v) is 14.9. The summed E-state index contributed by atoms with van der Waals surface area (Å²) < 4.78 is 26.4. The molecule has 3 rings (SSSR count). The Morgan fingerprint density at radius 2 is 2.32 bits per heavy atom. The molecule has 150 valence electrons. The van der Waals surface area contributed by atoms with Gasteiger partial charge in [-0.15, -0.1) is 0 Å². The number of hydrogen-bond acceptors (Lipinski definition) is 10. The van der Waals surface area contributed by atoms with Crippen molar-refractivity contribution in [2.45, 2.75) is 37.8 Å². The Balaban J connectivity index is 2.22. The van der Waals surface area contributed by atoms with Crippen molar-refractivity contribution in [1.82, 2.24) is 14.6 Å². The van der Waals surface area contributed by atoms with Crippen LogP contribution in [0.1, 0.15) is 19.5 Å². The summed E-state index contributed by atoms with van der Waals surface area (Å²) in [5.74, 6) is -2.48. The Hall–Kier alpha value is -2.85. The third-order valence-electron chi connectivity index (χ3n) is 4.48. The lowest BCUT2D eigenvalue weighted by atomic mass is 9.92. The molecule has 12 heteroatoms. The molecule has 4 N–H and O–H groups in total. The van der Waals surface area contributed by atoms with Crippen molar-refractivity contribution in [1.29, 1.82) is 5.26 Å². The van der Waals surface area contributed by atoms with Crippen LogP contribution in [0.5, 0.6) is 0 Å². The number of aliphatic hydroxyl groups excluding tert-OH is 2. The highest BCUT2D eigenvalue weighted by Gasteiger charge is 2.60. The van der Waals surface area contributed by atoms with E-state index in [1.165, 1.54) is 0 Å². The standard InChI is InChI=1S/C16H18FN5O6/c1-7(2)15(25)27-13-12(24)9(4-23)28-16(13,5-18)10-3-8(17)11-14(21-26)19-6-20-22(10)11/h3,6-7,9,12-13,23-24,26H,4H2,1-2H3,(H,19,20,21)/t9-,12-,13-,16+/m1/s1. The minimum atomic E-state index is -2.17. The zero-order chi connectivity index (χ0) is 20.6. The van der Waals surface area contributed by atoms with E-state index >= 15 is 0 Å². The lowest BCUT2D eigenvalue weighted by Crippen LogP contribution is -2.45. The molecule has 3 heterocycles. The van der Waals surface area contributed by atoms with E-state index in [9.17, 15) is 24.7 Å². The van der Waals surface area contributed by atoms with Gasteiger partial charge in [0, 0.05) is 6.07 Å². The van der Waals surface area contributed by atoms with Gasteiger partial charge in [0.25, 0.3) is 0 Å². The molecule has 0 aromatic carbocycles. The fourth-order valence-corrected chi connectivity index (χ4v) is 3.07. The van der Waals surface area contributed by atoms with E-state index in [1.807, 2.05) is 6.07 Å². The van der Waals surface area contributed by atoms with Gasteiger partial charge in [0.05, 0.1) is 18.2 Å². The average Bonchev–Trinajstić information content (AvgIpc) is 3.17. The van der Waals surface area contributed by atoms with Gasteiger partial charge in [-0.3, -0.25) is 15.5 Å². The Kier molecular flexibility index (Phi) is 5.18. The van der Waals surface area contributed by atoms with Crippen LogP contribution in [-0.4, -0.2) is 60.9 Å². The van der Waals surface area contributed by atoms with Gasteiger partial charge in [0.1, 0.15) is 30.1 Å². The second-order valence-electron chi connectivity index (χ2n) is 6.55. The van der Waals surface area contributed by atoms with Crippen LogP contribution in [0.4, 0.5) is 10.2 Å². The van der Waals surface area contributed by atoms with Crippen molar-refractivity contribution in [3.63, 3.8) is 0 Å². The molecular formula is C16H18FN5O6. The summed E-state index contributed by atoms with van der Waals surface area (Å²) in [7, 11) is 0. The summed E-state index contributed by atoms with van der Waals surface area (Å²) in [5, 5.41) is 42.9. The van der Waals surface area contributed by atoms with Crippen LogP contribution in [0.25, 0.3) is 5.52 Å². The van der Waals surface area contributed by atoms with Gasteiger partial charge in [-0.25, -0.2) is 13.9 Å². The van der Waals surface area contributed by atoms with Crippen LogP contribution < -0.4 is 5.48 Å². The van der Waals surface area contributed by atoms with Crippen molar-refractivity contribution < 1.29 is 34.1 Å². The monoisotopic (exact) mass is 395 g/mol. The molecule has 0 aliphatic carbocycles. The van der Waals surface area contributed by atoms with Crippen molar-refractivity contribution in [3.8, 4) is 6.07 Å². The molecular weight excluding hydrogens is 377 g/mol. The molecule has 1 aliphatic heterocycles. The van der Waals surface area contributed by atoms with Crippen LogP contribution in [0.2, 0.25) is 0 Å². The van der Waals surface area contributed by atoms with E-state index in [4.69, 9.17) is 14.7 Å². The predicted octanol–water partition coefficient (Wildman–Crippen LogP) is -0.292. The van der Waals surface area contributed by atoms with Crippen LogP contribution in [0.3, 0.4) is 0 Å². The normalized spacial score (nSPS) is 27.1. The first kappa shape index (κ1) is 19.9. The molecule has 28 heavy (non-hydrogen) atoms. The number of halogens is 1. The van der Waals surface area contributed by atoms with Crippen molar-refractivity contribution in [2.75, 3.05) is 12.1 Å². The van der Waals surface area contributed by atoms with Gasteiger partial charge in [-0.1, -0.05) is 13.8 Å². The quantitative estimate of drug-likeness (QED) is 0.391. The summed E-state index contributed by atoms with van der Waals surface area (Å²) in [4.78, 5) is 15.8. The molecule has 2 aromatic heterocycles. The second-order valence-corrected chi connectivity index (χ2v) is 6.55. The number of carbonyl (C=O) groups excluding carboxylic acids is 1. The number of ether oxygens (including phenoxy) is 2. The highest BCUT2D eigenvalue weighted by molar-refractivity contribution is 5.72. The maximum Gasteiger partial charge on any atom is 0.308 e. The predicted molar refractivity (Wildman–Crippen MR) is 88.3 cm³/mol. The molecule has 1 aliphatic rings. The molecule has 2 aromatic rings. The number of anilines is 1. The Bertz CT molecular complexity index is 943. The first-order chi connectivity index (χ1) is 13.3. The van der Waals surface area contributed by atoms with Crippen molar-refractivity contribution >= 4 is 17.3 Å². The third-order valence-corrected chi connectivity index (χ3v) is 4.48. The number of fused-ring (bicyclic) bond motifs is 1.